The standard InChI is InChI=1S/C25H31N3O2/c1-7-12-28-23-13-17(2)20(14-22(23)18(3)15-25(28,4)5)16-26-27-24(29)19-8-10-21(30-6)11-9-19/h8-11,13-16H,7,12H2,1-6H3,(H,27,29)/b26-16-. The van der Waals surface area contributed by atoms with Gasteiger partial charge in [0.15, 0.2) is 0 Å². The lowest BCUT2D eigenvalue weighted by atomic mass is 9.87. The normalized spacial score (nSPS) is 15.0. The van der Waals surface area contributed by atoms with Crippen molar-refractivity contribution in [3.8, 4) is 5.75 Å². The Hall–Kier alpha value is -3.08. The minimum Gasteiger partial charge on any atom is -0.497 e. The highest BCUT2D eigenvalue weighted by Gasteiger charge is 2.31. The SMILES string of the molecule is CCCN1c2cc(C)c(/C=N\NC(=O)c3ccc(OC)cc3)cc2C(C)=CC1(C)C. The van der Waals surface area contributed by atoms with Crippen LogP contribution in [0.4, 0.5) is 5.69 Å². The van der Waals surface area contributed by atoms with Crippen LogP contribution in [0.25, 0.3) is 5.57 Å². The maximum absolute atomic E-state index is 12.3. The van der Waals surface area contributed by atoms with Crippen molar-refractivity contribution in [1.29, 1.82) is 0 Å². The third kappa shape index (κ3) is 4.40. The fourth-order valence-electron chi connectivity index (χ4n) is 3.98. The average molecular weight is 406 g/mol. The van der Waals surface area contributed by atoms with Gasteiger partial charge in [-0.3, -0.25) is 4.79 Å². The number of hydrogen-bond acceptors (Lipinski definition) is 4. The molecule has 2 aromatic rings. The number of fused-ring (bicyclic) bond motifs is 1. The highest BCUT2D eigenvalue weighted by Crippen LogP contribution is 2.40. The van der Waals surface area contributed by atoms with Gasteiger partial charge in [0.1, 0.15) is 5.75 Å². The van der Waals surface area contributed by atoms with Crippen LogP contribution < -0.4 is 15.1 Å². The maximum Gasteiger partial charge on any atom is 0.271 e. The highest BCUT2D eigenvalue weighted by molar-refractivity contribution is 5.95. The van der Waals surface area contributed by atoms with Gasteiger partial charge in [-0.1, -0.05) is 13.0 Å². The molecule has 0 bridgehead atoms. The molecule has 0 radical (unpaired) electrons. The number of nitrogens with zero attached hydrogens (tertiary/aromatic N) is 2. The molecule has 1 heterocycles. The molecule has 2 aromatic carbocycles. The molecule has 0 saturated carbocycles. The van der Waals surface area contributed by atoms with Crippen LogP contribution in [0.3, 0.4) is 0 Å². The third-order valence-electron chi connectivity index (χ3n) is 5.53. The van der Waals surface area contributed by atoms with E-state index in [-0.39, 0.29) is 11.4 Å². The van der Waals surface area contributed by atoms with E-state index in [9.17, 15) is 4.79 Å². The number of hydrogen-bond donors (Lipinski definition) is 1. The lowest BCUT2D eigenvalue weighted by Crippen LogP contribution is -2.45. The Balaban J connectivity index is 1.82. The molecule has 0 aromatic heterocycles. The molecule has 0 fully saturated rings. The van der Waals surface area contributed by atoms with Crippen LogP contribution in [0.2, 0.25) is 0 Å². The van der Waals surface area contributed by atoms with E-state index in [2.05, 4.69) is 68.3 Å². The van der Waals surface area contributed by atoms with Gasteiger partial charge in [0, 0.05) is 23.4 Å². The second-order valence-electron chi connectivity index (χ2n) is 8.29. The minimum atomic E-state index is -0.253. The number of ether oxygens (including phenoxy) is 1. The zero-order valence-electron chi connectivity index (χ0n) is 18.7. The number of hydrazone groups is 1. The van der Waals surface area contributed by atoms with Gasteiger partial charge in [-0.05, 0) is 87.2 Å². The predicted octanol–water partition coefficient (Wildman–Crippen LogP) is 5.18. The maximum atomic E-state index is 12.3. The lowest BCUT2D eigenvalue weighted by molar-refractivity contribution is 0.0955. The Morgan fingerprint density at radius 3 is 2.53 bits per heavy atom. The number of rotatable bonds is 6. The van der Waals surface area contributed by atoms with Crippen molar-refractivity contribution < 1.29 is 9.53 Å². The van der Waals surface area contributed by atoms with E-state index in [0.29, 0.717) is 11.3 Å². The molecular weight excluding hydrogens is 374 g/mol. The van der Waals surface area contributed by atoms with Crippen LogP contribution in [0.5, 0.6) is 5.75 Å². The summed E-state index contributed by atoms with van der Waals surface area (Å²) in [6, 6.07) is 11.3. The molecule has 1 amide bonds. The summed E-state index contributed by atoms with van der Waals surface area (Å²) in [6.07, 6.45) is 5.14. The second-order valence-corrected chi connectivity index (χ2v) is 8.29. The lowest BCUT2D eigenvalue weighted by Gasteiger charge is -2.43. The molecule has 1 aliphatic rings. The molecule has 0 atom stereocenters. The molecule has 1 aliphatic heterocycles. The van der Waals surface area contributed by atoms with Crippen molar-refractivity contribution in [1.82, 2.24) is 5.43 Å². The summed E-state index contributed by atoms with van der Waals surface area (Å²) in [5, 5.41) is 4.19. The van der Waals surface area contributed by atoms with Gasteiger partial charge in [-0.25, -0.2) is 5.43 Å². The van der Waals surface area contributed by atoms with E-state index in [1.54, 1.807) is 37.6 Å². The van der Waals surface area contributed by atoms with E-state index >= 15 is 0 Å². The number of aryl methyl sites for hydroxylation is 1. The fraction of sp³-hybridized carbons (Fsp3) is 0.360. The van der Waals surface area contributed by atoms with Gasteiger partial charge in [0.2, 0.25) is 0 Å². The molecule has 0 spiro atoms. The van der Waals surface area contributed by atoms with Gasteiger partial charge in [-0.2, -0.15) is 5.10 Å². The zero-order chi connectivity index (χ0) is 21.9. The largest absolute Gasteiger partial charge is 0.497 e. The Bertz CT molecular complexity index is 988. The summed E-state index contributed by atoms with van der Waals surface area (Å²) in [7, 11) is 1.60. The van der Waals surface area contributed by atoms with Crippen molar-refractivity contribution in [3.63, 3.8) is 0 Å². The van der Waals surface area contributed by atoms with Crippen LogP contribution >= 0.6 is 0 Å². The number of anilines is 1. The van der Waals surface area contributed by atoms with Crippen molar-refractivity contribution in [3.05, 3.63) is 64.7 Å². The molecular formula is C25H31N3O2. The number of carbonyl (C=O) groups is 1. The average Bonchev–Trinajstić information content (AvgIpc) is 2.71. The van der Waals surface area contributed by atoms with Crippen molar-refractivity contribution in [2.24, 2.45) is 5.10 Å². The van der Waals surface area contributed by atoms with Crippen molar-refractivity contribution >= 4 is 23.4 Å². The number of nitrogens with one attached hydrogen (secondary N) is 1. The van der Waals surface area contributed by atoms with Gasteiger partial charge in [0.05, 0.1) is 18.9 Å². The summed E-state index contributed by atoms with van der Waals surface area (Å²) in [6.45, 7) is 12.0. The molecule has 5 nitrogen and oxygen atoms in total. The number of carbonyl (C=O) groups excluding carboxylic acids is 1. The first-order valence-corrected chi connectivity index (χ1v) is 10.4. The first-order chi connectivity index (χ1) is 14.3. The monoisotopic (exact) mass is 405 g/mol. The molecule has 0 unspecified atom stereocenters. The van der Waals surface area contributed by atoms with Crippen LogP contribution in [0.15, 0.2) is 47.6 Å². The third-order valence-corrected chi connectivity index (χ3v) is 5.53. The Morgan fingerprint density at radius 2 is 1.90 bits per heavy atom. The Morgan fingerprint density at radius 1 is 1.20 bits per heavy atom. The van der Waals surface area contributed by atoms with Crippen molar-refractivity contribution in [2.45, 2.75) is 46.6 Å². The number of amides is 1. The summed E-state index contributed by atoms with van der Waals surface area (Å²) in [5.41, 5.74) is 9.00. The topological polar surface area (TPSA) is 53.9 Å². The summed E-state index contributed by atoms with van der Waals surface area (Å²) in [4.78, 5) is 14.8. The van der Waals surface area contributed by atoms with E-state index in [0.717, 1.165) is 24.1 Å². The minimum absolute atomic E-state index is 0.0124. The summed E-state index contributed by atoms with van der Waals surface area (Å²) < 4.78 is 5.12. The number of benzene rings is 2. The zero-order valence-corrected chi connectivity index (χ0v) is 18.7. The first kappa shape index (κ1) is 21.6. The number of allylic oxidation sites excluding steroid dienone is 1. The van der Waals surface area contributed by atoms with E-state index in [4.69, 9.17) is 4.74 Å². The van der Waals surface area contributed by atoms with E-state index < -0.39 is 0 Å². The van der Waals surface area contributed by atoms with Crippen LogP contribution in [0.1, 0.15) is 61.2 Å². The second kappa shape index (κ2) is 8.74. The van der Waals surface area contributed by atoms with Crippen molar-refractivity contribution in [2.75, 3.05) is 18.6 Å². The van der Waals surface area contributed by atoms with Gasteiger partial charge in [0.25, 0.3) is 5.91 Å². The van der Waals surface area contributed by atoms with Gasteiger partial charge < -0.3 is 9.64 Å². The van der Waals surface area contributed by atoms with E-state index in [1.807, 2.05) is 0 Å². The summed E-state index contributed by atoms with van der Waals surface area (Å²) >= 11 is 0. The Kier molecular flexibility index (Phi) is 6.30. The number of methoxy groups -OCH3 is 1. The molecule has 5 heteroatoms. The molecule has 1 N–H and O–H groups in total. The van der Waals surface area contributed by atoms with Gasteiger partial charge in [-0.15, -0.1) is 0 Å². The van der Waals surface area contributed by atoms with Crippen LogP contribution in [-0.2, 0) is 0 Å². The van der Waals surface area contributed by atoms with Crippen LogP contribution in [-0.4, -0.2) is 31.3 Å². The highest BCUT2D eigenvalue weighted by atomic mass is 16.5. The molecule has 158 valence electrons. The quantitative estimate of drug-likeness (QED) is 0.532. The molecule has 0 saturated heterocycles. The fourth-order valence-corrected chi connectivity index (χ4v) is 3.98. The Labute approximate surface area is 179 Å². The molecule has 30 heavy (non-hydrogen) atoms. The molecule has 0 aliphatic carbocycles. The predicted molar refractivity (Wildman–Crippen MR) is 125 cm³/mol. The first-order valence-electron chi connectivity index (χ1n) is 10.4. The van der Waals surface area contributed by atoms with E-state index in [1.165, 1.54) is 16.8 Å². The van der Waals surface area contributed by atoms with Crippen LogP contribution in [0, 0.1) is 6.92 Å². The smallest absolute Gasteiger partial charge is 0.271 e. The van der Waals surface area contributed by atoms with Gasteiger partial charge >= 0.3 is 0 Å². The summed E-state index contributed by atoms with van der Waals surface area (Å²) in [5.74, 6) is 0.458. The molecule has 3 rings (SSSR count).